The summed E-state index contributed by atoms with van der Waals surface area (Å²) in [5.74, 6) is 1.62. The highest BCUT2D eigenvalue weighted by Crippen LogP contribution is 2.12. The Morgan fingerprint density at radius 1 is 1.37 bits per heavy atom. The van der Waals surface area contributed by atoms with Crippen LogP contribution in [0.15, 0.2) is 24.3 Å². The van der Waals surface area contributed by atoms with E-state index in [1.807, 2.05) is 24.3 Å². The summed E-state index contributed by atoms with van der Waals surface area (Å²) in [5, 5.41) is 9.74. The highest BCUT2D eigenvalue weighted by molar-refractivity contribution is 7.85. The number of hydrogen-bond donors (Lipinski definition) is 2. The third-order valence-corrected chi connectivity index (χ3v) is 4.21. The Balaban J connectivity index is 2.28. The topological polar surface area (TPSA) is 72.5 Å². The van der Waals surface area contributed by atoms with Gasteiger partial charge in [0, 0.05) is 23.1 Å². The van der Waals surface area contributed by atoms with E-state index in [1.165, 1.54) is 0 Å². The summed E-state index contributed by atoms with van der Waals surface area (Å²) < 4.78 is 17.0. The van der Waals surface area contributed by atoms with E-state index in [2.05, 4.69) is 6.92 Å². The maximum atomic E-state index is 11.6. The number of aliphatic hydroxyl groups is 1. The first-order chi connectivity index (χ1) is 9.15. The third kappa shape index (κ3) is 6.71. The van der Waals surface area contributed by atoms with E-state index < -0.39 is 16.9 Å². The Bertz CT molecular complexity index is 381. The van der Waals surface area contributed by atoms with Gasteiger partial charge < -0.3 is 15.6 Å². The van der Waals surface area contributed by atoms with Gasteiger partial charge in [0.15, 0.2) is 0 Å². The van der Waals surface area contributed by atoms with Crippen molar-refractivity contribution in [1.82, 2.24) is 0 Å². The molecule has 4 nitrogen and oxygen atoms in total. The maximum absolute atomic E-state index is 11.6. The molecule has 0 heterocycles. The zero-order chi connectivity index (χ0) is 14.1. The highest BCUT2D eigenvalue weighted by Gasteiger charge is 2.10. The molecule has 1 aromatic carbocycles. The van der Waals surface area contributed by atoms with Crippen molar-refractivity contribution >= 4 is 10.8 Å². The fraction of sp³-hybridized carbons (Fsp3) is 0.571. The van der Waals surface area contributed by atoms with Crippen LogP contribution in [-0.4, -0.2) is 33.5 Å². The van der Waals surface area contributed by atoms with E-state index >= 15 is 0 Å². The first-order valence-corrected chi connectivity index (χ1v) is 8.09. The monoisotopic (exact) mass is 285 g/mol. The Kier molecular flexibility index (Phi) is 7.70. The molecular weight excluding hydrogens is 262 g/mol. The fourth-order valence-corrected chi connectivity index (χ4v) is 2.87. The molecule has 1 rings (SSSR count). The number of nitrogens with two attached hydrogens (primary N) is 1. The van der Waals surface area contributed by atoms with Crippen molar-refractivity contribution in [2.75, 3.05) is 18.1 Å². The molecule has 0 spiro atoms. The number of ether oxygens (including phenoxy) is 1. The summed E-state index contributed by atoms with van der Waals surface area (Å²) >= 11 is 0. The molecule has 5 heteroatoms. The molecule has 0 saturated carbocycles. The molecule has 3 N–H and O–H groups in total. The van der Waals surface area contributed by atoms with E-state index in [0.717, 1.165) is 18.4 Å². The molecule has 2 unspecified atom stereocenters. The minimum absolute atomic E-state index is 0.167. The van der Waals surface area contributed by atoms with Crippen molar-refractivity contribution in [2.24, 2.45) is 5.73 Å². The van der Waals surface area contributed by atoms with Crippen LogP contribution in [0.1, 0.15) is 25.3 Å². The van der Waals surface area contributed by atoms with E-state index in [1.54, 1.807) is 0 Å². The largest absolute Gasteiger partial charge is 0.491 e. The molecule has 0 fully saturated rings. The zero-order valence-corrected chi connectivity index (χ0v) is 12.2. The zero-order valence-electron chi connectivity index (χ0n) is 11.4. The summed E-state index contributed by atoms with van der Waals surface area (Å²) in [6.45, 7) is 2.72. The first kappa shape index (κ1) is 16.1. The normalized spacial score (nSPS) is 14.1. The Labute approximate surface area is 117 Å². The predicted octanol–water partition coefficient (Wildman–Crippen LogP) is 1.43. The van der Waals surface area contributed by atoms with Crippen LogP contribution in [0.5, 0.6) is 5.75 Å². The Morgan fingerprint density at radius 2 is 2.05 bits per heavy atom. The second-order valence-electron chi connectivity index (χ2n) is 4.48. The summed E-state index contributed by atoms with van der Waals surface area (Å²) in [4.78, 5) is 0. The van der Waals surface area contributed by atoms with E-state index in [-0.39, 0.29) is 12.4 Å². The van der Waals surface area contributed by atoms with E-state index in [9.17, 15) is 9.32 Å². The molecule has 0 radical (unpaired) electrons. The summed E-state index contributed by atoms with van der Waals surface area (Å²) in [7, 11) is -0.959. The molecule has 0 bridgehead atoms. The van der Waals surface area contributed by atoms with Crippen LogP contribution in [0.4, 0.5) is 0 Å². The Hall–Kier alpha value is -0.910. The van der Waals surface area contributed by atoms with Gasteiger partial charge in [-0.3, -0.25) is 4.21 Å². The smallest absolute Gasteiger partial charge is 0.119 e. The average Bonchev–Trinajstić information content (AvgIpc) is 2.43. The maximum Gasteiger partial charge on any atom is 0.119 e. The van der Waals surface area contributed by atoms with Gasteiger partial charge in [0.1, 0.15) is 12.4 Å². The second-order valence-corrected chi connectivity index (χ2v) is 6.10. The van der Waals surface area contributed by atoms with E-state index in [4.69, 9.17) is 10.5 Å². The van der Waals surface area contributed by atoms with Crippen molar-refractivity contribution in [3.8, 4) is 5.75 Å². The van der Waals surface area contributed by atoms with Crippen LogP contribution in [0.2, 0.25) is 0 Å². The van der Waals surface area contributed by atoms with Gasteiger partial charge in [-0.25, -0.2) is 0 Å². The molecule has 2 atom stereocenters. The van der Waals surface area contributed by atoms with E-state index in [0.29, 0.717) is 18.0 Å². The lowest BCUT2D eigenvalue weighted by Gasteiger charge is -2.12. The van der Waals surface area contributed by atoms with Crippen LogP contribution >= 0.6 is 0 Å². The number of unbranched alkanes of at least 4 members (excludes halogenated alkanes) is 1. The third-order valence-electron chi connectivity index (χ3n) is 2.71. The molecule has 19 heavy (non-hydrogen) atoms. The molecule has 0 aliphatic rings. The molecular formula is C14H23NO3S. The van der Waals surface area contributed by atoms with Gasteiger partial charge in [-0.1, -0.05) is 25.5 Å². The van der Waals surface area contributed by atoms with Crippen LogP contribution in [0.25, 0.3) is 0 Å². The lowest BCUT2D eigenvalue weighted by atomic mass is 10.2. The van der Waals surface area contributed by atoms with Crippen LogP contribution in [0.3, 0.4) is 0 Å². The number of benzene rings is 1. The van der Waals surface area contributed by atoms with Gasteiger partial charge in [0.25, 0.3) is 0 Å². The van der Waals surface area contributed by atoms with Crippen molar-refractivity contribution in [2.45, 2.75) is 32.4 Å². The van der Waals surface area contributed by atoms with Gasteiger partial charge in [-0.15, -0.1) is 0 Å². The molecule has 0 aliphatic heterocycles. The second kappa shape index (κ2) is 9.07. The summed E-state index contributed by atoms with van der Waals surface area (Å²) in [5.41, 5.74) is 6.54. The standard InChI is InChI=1S/C14H23NO3S/c1-2-3-8-19(17)11-13(16)10-18-14-6-4-12(9-15)5-7-14/h4-7,13,16H,2-3,8-11,15H2,1H3. The fourth-order valence-electron chi connectivity index (χ4n) is 1.57. The van der Waals surface area contributed by atoms with Crippen LogP contribution in [0, 0.1) is 0 Å². The quantitative estimate of drug-likeness (QED) is 0.720. The lowest BCUT2D eigenvalue weighted by molar-refractivity contribution is 0.125. The van der Waals surface area contributed by atoms with Gasteiger partial charge >= 0.3 is 0 Å². The Morgan fingerprint density at radius 3 is 2.63 bits per heavy atom. The van der Waals surface area contributed by atoms with Gasteiger partial charge in [-0.05, 0) is 24.1 Å². The molecule has 108 valence electrons. The summed E-state index contributed by atoms with van der Waals surface area (Å²) in [6, 6.07) is 7.42. The minimum Gasteiger partial charge on any atom is -0.491 e. The number of aliphatic hydroxyl groups excluding tert-OH is 1. The van der Waals surface area contributed by atoms with Crippen molar-refractivity contribution in [3.05, 3.63) is 29.8 Å². The summed E-state index contributed by atoms with van der Waals surface area (Å²) in [6.07, 6.45) is 1.26. The van der Waals surface area contributed by atoms with Crippen molar-refractivity contribution in [3.63, 3.8) is 0 Å². The number of hydrogen-bond acceptors (Lipinski definition) is 4. The average molecular weight is 285 g/mol. The molecule has 0 saturated heterocycles. The number of rotatable bonds is 9. The molecule has 0 amide bonds. The predicted molar refractivity (Wildman–Crippen MR) is 78.6 cm³/mol. The van der Waals surface area contributed by atoms with Gasteiger partial charge in [0.05, 0.1) is 11.9 Å². The molecule has 0 aromatic heterocycles. The van der Waals surface area contributed by atoms with Crippen LogP contribution < -0.4 is 10.5 Å². The van der Waals surface area contributed by atoms with Gasteiger partial charge in [0.2, 0.25) is 0 Å². The lowest BCUT2D eigenvalue weighted by Crippen LogP contribution is -2.25. The first-order valence-electron chi connectivity index (χ1n) is 6.60. The highest BCUT2D eigenvalue weighted by atomic mass is 32.2. The minimum atomic E-state index is -0.959. The SMILES string of the molecule is CCCCS(=O)CC(O)COc1ccc(CN)cc1. The molecule has 0 aliphatic carbocycles. The molecule has 1 aromatic rings. The van der Waals surface area contributed by atoms with Crippen molar-refractivity contribution in [1.29, 1.82) is 0 Å². The van der Waals surface area contributed by atoms with Crippen molar-refractivity contribution < 1.29 is 14.1 Å². The van der Waals surface area contributed by atoms with Gasteiger partial charge in [-0.2, -0.15) is 0 Å². The van der Waals surface area contributed by atoms with Crippen LogP contribution in [-0.2, 0) is 17.3 Å².